The number of hydrogen-bond donors (Lipinski definition) is 1. The molecule has 35 heavy (non-hydrogen) atoms. The van der Waals surface area contributed by atoms with Crippen LogP contribution in [0.15, 0.2) is 53.9 Å². The number of Topliss-reactive ketones (excluding diaryl/α,β-unsaturated/α-hetero) is 1. The van der Waals surface area contributed by atoms with Gasteiger partial charge >= 0.3 is 0 Å². The molecule has 10 heteroatoms. The quantitative estimate of drug-likeness (QED) is 0.249. The van der Waals surface area contributed by atoms with E-state index in [0.717, 1.165) is 11.1 Å². The van der Waals surface area contributed by atoms with Crippen molar-refractivity contribution in [3.8, 4) is 0 Å². The molecule has 0 atom stereocenters. The molecule has 1 aliphatic rings. The molecule has 5 rings (SSSR count). The van der Waals surface area contributed by atoms with E-state index in [1.165, 1.54) is 0 Å². The van der Waals surface area contributed by atoms with E-state index in [9.17, 15) is 4.79 Å². The number of pyridine rings is 1. The van der Waals surface area contributed by atoms with Gasteiger partial charge in [-0.3, -0.25) is 15.2 Å². The molecular formula is C25H26N8O2. The number of carbonyl (C=O) groups excluding carboxylic acids is 1. The molecule has 1 saturated heterocycles. The van der Waals surface area contributed by atoms with E-state index in [4.69, 9.17) is 14.7 Å². The topological polar surface area (TPSA) is 110 Å². The lowest BCUT2D eigenvalue weighted by atomic mass is 10.2. The molecule has 178 valence electrons. The fraction of sp³-hybridized carbons (Fsp3) is 0.280. The summed E-state index contributed by atoms with van der Waals surface area (Å²) in [6, 6.07) is 11.6. The SMILES string of the molecule is Cc1cccc(/C=N/Nc2nc(N3CCOCC3)nc3c2nc(C)n3CC(=O)c2cccnc2)c1. The molecule has 1 aliphatic heterocycles. The van der Waals surface area contributed by atoms with Crippen molar-refractivity contribution in [2.45, 2.75) is 20.4 Å². The highest BCUT2D eigenvalue weighted by atomic mass is 16.5. The van der Waals surface area contributed by atoms with Crippen molar-refractivity contribution in [2.24, 2.45) is 5.10 Å². The summed E-state index contributed by atoms with van der Waals surface area (Å²) in [6.07, 6.45) is 4.95. The molecule has 4 aromatic rings. The molecule has 4 heterocycles. The minimum absolute atomic E-state index is 0.0704. The highest BCUT2D eigenvalue weighted by Crippen LogP contribution is 2.25. The van der Waals surface area contributed by atoms with E-state index < -0.39 is 0 Å². The van der Waals surface area contributed by atoms with Crippen LogP contribution < -0.4 is 10.3 Å². The van der Waals surface area contributed by atoms with Crippen molar-refractivity contribution in [3.63, 3.8) is 0 Å². The van der Waals surface area contributed by atoms with E-state index in [1.807, 2.05) is 42.7 Å². The number of morpholine rings is 1. The summed E-state index contributed by atoms with van der Waals surface area (Å²) in [7, 11) is 0. The number of nitrogens with zero attached hydrogens (tertiary/aromatic N) is 7. The van der Waals surface area contributed by atoms with Crippen LogP contribution in [0, 0.1) is 13.8 Å². The summed E-state index contributed by atoms with van der Waals surface area (Å²) in [4.78, 5) is 33.3. The van der Waals surface area contributed by atoms with E-state index in [0.29, 0.717) is 60.6 Å². The molecule has 1 aromatic carbocycles. The van der Waals surface area contributed by atoms with Gasteiger partial charge in [0.25, 0.3) is 0 Å². The number of nitrogens with one attached hydrogen (secondary N) is 1. The first-order valence-electron chi connectivity index (χ1n) is 11.4. The summed E-state index contributed by atoms with van der Waals surface area (Å²) in [5.41, 5.74) is 6.84. The van der Waals surface area contributed by atoms with Crippen molar-refractivity contribution in [3.05, 3.63) is 71.3 Å². The van der Waals surface area contributed by atoms with Gasteiger partial charge in [0.15, 0.2) is 22.8 Å². The summed E-state index contributed by atoms with van der Waals surface area (Å²) in [5.74, 6) is 1.62. The molecule has 3 aromatic heterocycles. The Labute approximate surface area is 202 Å². The first kappa shape index (κ1) is 22.6. The predicted octanol–water partition coefficient (Wildman–Crippen LogP) is 3.00. The number of ether oxygens (including phenoxy) is 1. The van der Waals surface area contributed by atoms with Gasteiger partial charge in [0.1, 0.15) is 5.82 Å². The molecule has 0 bridgehead atoms. The first-order chi connectivity index (χ1) is 17.1. The molecular weight excluding hydrogens is 444 g/mol. The molecule has 0 aliphatic carbocycles. The molecule has 0 saturated carbocycles. The maximum absolute atomic E-state index is 12.9. The van der Waals surface area contributed by atoms with Crippen molar-refractivity contribution >= 4 is 34.9 Å². The summed E-state index contributed by atoms with van der Waals surface area (Å²) in [5, 5.41) is 4.40. The number of hydrogen-bond acceptors (Lipinski definition) is 9. The van der Waals surface area contributed by atoms with E-state index in [2.05, 4.69) is 25.4 Å². The van der Waals surface area contributed by atoms with Gasteiger partial charge in [-0.1, -0.05) is 29.8 Å². The predicted molar refractivity (Wildman–Crippen MR) is 134 cm³/mol. The number of benzene rings is 1. The number of anilines is 2. The normalized spacial score (nSPS) is 14.1. The van der Waals surface area contributed by atoms with Crippen LogP contribution >= 0.6 is 0 Å². The van der Waals surface area contributed by atoms with Crippen LogP contribution in [0.5, 0.6) is 0 Å². The average molecular weight is 471 g/mol. The van der Waals surface area contributed by atoms with Gasteiger partial charge in [0.05, 0.1) is 26.0 Å². The van der Waals surface area contributed by atoms with Crippen molar-refractivity contribution in [1.82, 2.24) is 24.5 Å². The Hall–Kier alpha value is -4.18. The summed E-state index contributed by atoms with van der Waals surface area (Å²) >= 11 is 0. The Balaban J connectivity index is 1.52. The summed E-state index contributed by atoms with van der Waals surface area (Å²) in [6.45, 7) is 6.56. The maximum Gasteiger partial charge on any atom is 0.229 e. The molecule has 1 fully saturated rings. The number of fused-ring (bicyclic) bond motifs is 1. The molecule has 10 nitrogen and oxygen atoms in total. The van der Waals surface area contributed by atoms with Crippen LogP contribution in [0.25, 0.3) is 11.2 Å². The lowest BCUT2D eigenvalue weighted by molar-refractivity contribution is 0.0972. The minimum Gasteiger partial charge on any atom is -0.378 e. The van der Waals surface area contributed by atoms with Gasteiger partial charge < -0.3 is 14.2 Å². The van der Waals surface area contributed by atoms with Crippen LogP contribution in [0.2, 0.25) is 0 Å². The fourth-order valence-corrected chi connectivity index (χ4v) is 3.95. The van der Waals surface area contributed by atoms with Gasteiger partial charge in [-0.15, -0.1) is 0 Å². The molecule has 1 N–H and O–H groups in total. The first-order valence-corrected chi connectivity index (χ1v) is 11.4. The van der Waals surface area contributed by atoms with Crippen molar-refractivity contribution in [2.75, 3.05) is 36.6 Å². The van der Waals surface area contributed by atoms with Crippen LogP contribution in [-0.2, 0) is 11.3 Å². The van der Waals surface area contributed by atoms with Gasteiger partial charge in [0.2, 0.25) is 5.95 Å². The largest absolute Gasteiger partial charge is 0.378 e. The Bertz CT molecular complexity index is 1380. The van der Waals surface area contributed by atoms with E-state index in [1.54, 1.807) is 30.7 Å². The molecule has 0 amide bonds. The zero-order valence-corrected chi connectivity index (χ0v) is 19.7. The highest BCUT2D eigenvalue weighted by Gasteiger charge is 2.22. The van der Waals surface area contributed by atoms with Crippen LogP contribution in [-0.4, -0.2) is 62.8 Å². The van der Waals surface area contributed by atoms with Gasteiger partial charge in [-0.2, -0.15) is 15.1 Å². The van der Waals surface area contributed by atoms with Crippen LogP contribution in [0.4, 0.5) is 11.8 Å². The zero-order valence-electron chi connectivity index (χ0n) is 19.7. The maximum atomic E-state index is 12.9. The molecule has 0 spiro atoms. The van der Waals surface area contributed by atoms with Crippen molar-refractivity contribution < 1.29 is 9.53 Å². The third kappa shape index (κ3) is 5.02. The lowest BCUT2D eigenvalue weighted by Crippen LogP contribution is -2.37. The minimum atomic E-state index is -0.0704. The third-order valence-corrected chi connectivity index (χ3v) is 5.78. The Kier molecular flexibility index (Phi) is 6.44. The number of rotatable bonds is 7. The zero-order chi connectivity index (χ0) is 24.2. The lowest BCUT2D eigenvalue weighted by Gasteiger charge is -2.27. The van der Waals surface area contributed by atoms with Crippen LogP contribution in [0.3, 0.4) is 0 Å². The number of imidazole rings is 1. The second-order valence-corrected chi connectivity index (χ2v) is 8.34. The molecule has 0 unspecified atom stereocenters. The van der Waals surface area contributed by atoms with Gasteiger partial charge in [-0.05, 0) is 31.5 Å². The summed E-state index contributed by atoms with van der Waals surface area (Å²) < 4.78 is 7.30. The fourth-order valence-electron chi connectivity index (χ4n) is 3.95. The third-order valence-electron chi connectivity index (χ3n) is 5.78. The van der Waals surface area contributed by atoms with Crippen LogP contribution in [0.1, 0.15) is 27.3 Å². The van der Waals surface area contributed by atoms with Crippen molar-refractivity contribution in [1.29, 1.82) is 0 Å². The standard InChI is InChI=1S/C25H26N8O2/c1-17-5-3-6-19(13-17)14-27-31-23-22-24(30-25(29-23)32-9-11-35-12-10-32)33(18(2)28-22)16-21(34)20-7-4-8-26-15-20/h3-8,13-15H,9-12,16H2,1-2H3,(H,29,30,31)/b27-14+. The number of carbonyl (C=O) groups is 1. The Morgan fingerprint density at radius 2 is 2.00 bits per heavy atom. The Morgan fingerprint density at radius 1 is 1.14 bits per heavy atom. The number of ketones is 1. The van der Waals surface area contributed by atoms with E-state index in [-0.39, 0.29) is 12.3 Å². The number of aryl methyl sites for hydroxylation is 2. The second-order valence-electron chi connectivity index (χ2n) is 8.34. The van der Waals surface area contributed by atoms with E-state index >= 15 is 0 Å². The Morgan fingerprint density at radius 3 is 2.77 bits per heavy atom. The monoisotopic (exact) mass is 470 g/mol. The molecule has 0 radical (unpaired) electrons. The average Bonchev–Trinajstić information content (AvgIpc) is 3.20. The second kappa shape index (κ2) is 9.98. The van der Waals surface area contributed by atoms with Gasteiger partial charge in [0, 0.05) is 31.0 Å². The number of aromatic nitrogens is 5. The smallest absolute Gasteiger partial charge is 0.229 e. The number of hydrazone groups is 1. The van der Waals surface area contributed by atoms with Gasteiger partial charge in [-0.25, -0.2) is 4.98 Å². The highest BCUT2D eigenvalue weighted by molar-refractivity contribution is 5.96.